The average molecular weight is 1630 g/mol. The highest BCUT2D eigenvalue weighted by atomic mass is 33.1. The number of benzene rings is 4. The minimum absolute atomic E-state index is 0.0534. The van der Waals surface area contributed by atoms with Crippen LogP contribution in [0.3, 0.4) is 0 Å². The van der Waals surface area contributed by atoms with Crippen molar-refractivity contribution in [3.63, 3.8) is 0 Å². The van der Waals surface area contributed by atoms with Crippen molar-refractivity contribution in [2.24, 2.45) is 23.7 Å². The number of hydrogen-bond donors (Lipinski definition) is 9. The van der Waals surface area contributed by atoms with Gasteiger partial charge in [0, 0.05) is 84.8 Å². The van der Waals surface area contributed by atoms with Crippen molar-refractivity contribution < 1.29 is 72.5 Å². The lowest BCUT2D eigenvalue weighted by molar-refractivity contribution is -0.150. The van der Waals surface area contributed by atoms with Gasteiger partial charge in [-0.15, -0.1) is 0 Å². The first-order valence-electron chi connectivity index (χ1n) is 39.8. The highest BCUT2D eigenvalue weighted by molar-refractivity contribution is 8.76. The Labute approximate surface area is 687 Å². The number of likely N-dealkylation sites (N-methyl/N-ethyl adjacent to an activating group) is 5. The quantitative estimate of drug-likeness (QED) is 0.0232. The molecule has 28 nitrogen and oxygen atoms in total. The van der Waals surface area contributed by atoms with Gasteiger partial charge >= 0.3 is 5.97 Å². The molecule has 0 radical (unpaired) electrons. The van der Waals surface area contributed by atoms with E-state index < -0.39 is 168 Å². The first-order valence-corrected chi connectivity index (χ1v) is 42.2. The van der Waals surface area contributed by atoms with Crippen LogP contribution in [0.5, 0.6) is 0 Å². The van der Waals surface area contributed by atoms with Crippen molar-refractivity contribution in [3.8, 4) is 0 Å². The summed E-state index contributed by atoms with van der Waals surface area (Å²) < 4.78 is 0. The number of piperidine rings is 1. The number of likely N-dealkylation sites (tertiary alicyclic amines) is 1. The Hall–Kier alpha value is -9.39. The third kappa shape index (κ3) is 29.1. The standard InChI is InChI=1S/C85H125N13O15S2/c1-19-114-115-69-40-32-33-55(10)62(69)49-86-56(11)75(103)91-72(53(6)7)84(112)95(16)65(43-51(2)3)79(107)92-73(58(13)99)85(113)96(17)66(46-60-36-26-21-27-37-60)77(105)87-50-70(100)93(14)68(44-52(4)5)83(111)97(18)74(54(8)9)80(108)89-63(45-59-34-24-20-25-35-59)76(104)90-64(48-71(101)102)82(110)94(15)67(47-61-38-28-22-29-39-61)78(106)88-57(12)81(109)98-41-30-23-31-42-98/h20-22,24-29,32-40,51-54,56-58,63-68,72-74,86,99H,19,23,30-31,41-50H2,1-18H3,(H,87,105)(H,88,106)(H,89,108)(H,90,104)(H,91,103)(H,92,107)(H,101,102)/t56-,57-,58+,63-,64-,65-,66-,67-,68-,72-,73-,74-/m0/s1. The van der Waals surface area contributed by atoms with Gasteiger partial charge in [-0.05, 0) is 117 Å². The van der Waals surface area contributed by atoms with Gasteiger partial charge in [-0.1, -0.05) is 187 Å². The van der Waals surface area contributed by atoms with Gasteiger partial charge in [-0.3, -0.25) is 62.3 Å². The van der Waals surface area contributed by atoms with Crippen LogP contribution in [-0.4, -0.2) is 250 Å². The maximum absolute atomic E-state index is 15.2. The lowest BCUT2D eigenvalue weighted by Gasteiger charge is -2.37. The van der Waals surface area contributed by atoms with Crippen LogP contribution >= 0.6 is 21.6 Å². The van der Waals surface area contributed by atoms with Gasteiger partial charge in [0.2, 0.25) is 70.9 Å². The van der Waals surface area contributed by atoms with Crippen LogP contribution < -0.4 is 37.2 Å². The molecule has 30 heteroatoms. The summed E-state index contributed by atoms with van der Waals surface area (Å²) in [5.41, 5.74) is 3.90. The number of carboxylic acid groups (broad SMARTS) is 1. The number of aryl methyl sites for hydroxylation is 1. The zero-order chi connectivity index (χ0) is 85.7. The van der Waals surface area contributed by atoms with Crippen LogP contribution in [0.25, 0.3) is 0 Å². The number of hydrogen-bond acceptors (Lipinski definition) is 17. The molecule has 5 rings (SSSR count). The topological polar surface area (TPSA) is 366 Å². The minimum atomic E-state index is -1.80. The zero-order valence-electron chi connectivity index (χ0n) is 70.2. The number of aliphatic hydroxyl groups is 1. The predicted octanol–water partition coefficient (Wildman–Crippen LogP) is 5.93. The molecule has 9 N–H and O–H groups in total. The molecular weight excluding hydrogens is 1510 g/mol. The summed E-state index contributed by atoms with van der Waals surface area (Å²) in [6.45, 7) is 23.6. The van der Waals surface area contributed by atoms with E-state index in [-0.39, 0.29) is 49.8 Å². The summed E-state index contributed by atoms with van der Waals surface area (Å²) >= 11 is 0. The number of nitrogens with zero attached hydrogens (tertiary/aromatic N) is 6. The van der Waals surface area contributed by atoms with Crippen LogP contribution in [0.2, 0.25) is 0 Å². The van der Waals surface area contributed by atoms with Gasteiger partial charge in [0.25, 0.3) is 0 Å². The molecule has 1 aliphatic rings. The number of nitrogens with one attached hydrogen (secondary N) is 7. The van der Waals surface area contributed by atoms with E-state index in [1.54, 1.807) is 159 Å². The fraction of sp³-hybridized carbons (Fsp3) is 0.565. The molecule has 12 atom stereocenters. The summed E-state index contributed by atoms with van der Waals surface area (Å²) in [5, 5.41) is 41.3. The van der Waals surface area contributed by atoms with Crippen LogP contribution in [0, 0.1) is 30.6 Å². The van der Waals surface area contributed by atoms with E-state index in [2.05, 4.69) is 44.1 Å². The molecule has 0 aromatic heterocycles. The van der Waals surface area contributed by atoms with E-state index in [4.69, 9.17) is 0 Å². The van der Waals surface area contributed by atoms with Gasteiger partial charge in [0.15, 0.2) is 0 Å². The van der Waals surface area contributed by atoms with Crippen LogP contribution in [0.1, 0.15) is 149 Å². The third-order valence-corrected chi connectivity index (χ3v) is 23.2. The fourth-order valence-electron chi connectivity index (χ4n) is 13.9. The van der Waals surface area contributed by atoms with E-state index in [0.717, 1.165) is 55.7 Å². The van der Waals surface area contributed by atoms with Gasteiger partial charge in [0.1, 0.15) is 60.4 Å². The molecule has 115 heavy (non-hydrogen) atoms. The molecule has 632 valence electrons. The first-order chi connectivity index (χ1) is 54.3. The van der Waals surface area contributed by atoms with Crippen molar-refractivity contribution in [2.75, 3.05) is 60.6 Å². The van der Waals surface area contributed by atoms with Crippen molar-refractivity contribution in [1.29, 1.82) is 0 Å². The van der Waals surface area contributed by atoms with Gasteiger partial charge in [-0.25, -0.2) is 0 Å². The van der Waals surface area contributed by atoms with Gasteiger partial charge < -0.3 is 76.8 Å². The maximum Gasteiger partial charge on any atom is 0.305 e. The van der Waals surface area contributed by atoms with E-state index in [1.165, 1.54) is 52.0 Å². The summed E-state index contributed by atoms with van der Waals surface area (Å²) in [6, 6.07) is 17.8. The summed E-state index contributed by atoms with van der Waals surface area (Å²) in [7, 11) is 10.2. The fourth-order valence-corrected chi connectivity index (χ4v) is 15.8. The second-order valence-corrected chi connectivity index (χ2v) is 34.2. The molecule has 1 heterocycles. The van der Waals surface area contributed by atoms with Crippen LogP contribution in [0.15, 0.2) is 114 Å². The number of aliphatic carboxylic acids is 1. The smallest absolute Gasteiger partial charge is 0.305 e. The maximum atomic E-state index is 15.2. The van der Waals surface area contributed by atoms with Gasteiger partial charge in [0.05, 0.1) is 25.1 Å². The highest BCUT2D eigenvalue weighted by Gasteiger charge is 2.43. The molecule has 1 saturated heterocycles. The third-order valence-electron chi connectivity index (χ3n) is 20.7. The second kappa shape index (κ2) is 47.0. The number of rotatable bonds is 44. The predicted molar refractivity (Wildman–Crippen MR) is 446 cm³/mol. The normalized spacial score (nSPS) is 15.3. The largest absolute Gasteiger partial charge is 0.481 e. The molecule has 12 amide bonds. The molecule has 4 aromatic rings. The number of carbonyl (C=O) groups excluding carboxylic acids is 12. The molecule has 1 fully saturated rings. The Morgan fingerprint density at radius 3 is 1.47 bits per heavy atom. The second-order valence-electron chi connectivity index (χ2n) is 31.5. The summed E-state index contributed by atoms with van der Waals surface area (Å²) in [4.78, 5) is 196. The van der Waals surface area contributed by atoms with Crippen LogP contribution in [0.4, 0.5) is 0 Å². The molecule has 0 spiro atoms. The van der Waals surface area contributed by atoms with E-state index in [1.807, 2.05) is 52.8 Å². The monoisotopic (exact) mass is 1630 g/mol. The van der Waals surface area contributed by atoms with Crippen molar-refractivity contribution in [2.45, 2.75) is 232 Å². The summed E-state index contributed by atoms with van der Waals surface area (Å²) in [6.07, 6.45) is -0.0787. The molecule has 0 unspecified atom stereocenters. The zero-order valence-corrected chi connectivity index (χ0v) is 71.9. The van der Waals surface area contributed by atoms with E-state index in [9.17, 15) is 63.0 Å². The van der Waals surface area contributed by atoms with Crippen molar-refractivity contribution in [1.82, 2.24) is 66.6 Å². The number of amides is 12. The Morgan fingerprint density at radius 1 is 0.470 bits per heavy atom. The minimum Gasteiger partial charge on any atom is -0.481 e. The molecule has 0 aliphatic carbocycles. The average Bonchev–Trinajstić information content (AvgIpc) is 0.825. The Morgan fingerprint density at radius 2 is 0.957 bits per heavy atom. The Balaban J connectivity index is 1.35. The molecule has 0 bridgehead atoms. The Kier molecular flexibility index (Phi) is 39.3. The highest BCUT2D eigenvalue weighted by Crippen LogP contribution is 2.35. The molecule has 0 saturated carbocycles. The lowest BCUT2D eigenvalue weighted by Crippen LogP contribution is -2.62. The molecule has 1 aliphatic heterocycles. The molecular formula is C85H125N13O15S2. The van der Waals surface area contributed by atoms with Crippen molar-refractivity contribution >= 4 is 98.4 Å². The van der Waals surface area contributed by atoms with Crippen LogP contribution in [-0.2, 0) is 88.1 Å². The van der Waals surface area contributed by atoms with Gasteiger partial charge in [-0.2, -0.15) is 0 Å². The molecule has 4 aromatic carbocycles. The number of aliphatic hydroxyl groups excluding tert-OH is 1. The summed E-state index contributed by atoms with van der Waals surface area (Å²) in [5.74, 6) is -10.8. The van der Waals surface area contributed by atoms with E-state index in [0.29, 0.717) is 36.3 Å². The van der Waals surface area contributed by atoms with Crippen molar-refractivity contribution in [3.05, 3.63) is 137 Å². The SMILES string of the molecule is CCSSc1cccc(C)c1CN[C@@H](C)C(=O)N[C@H](C(=O)N(C)[C@@H](CC(C)C)C(=O)N[C@H](C(=O)N(C)[C@@H](Cc1ccccc1)C(=O)NCC(=O)N(C)[C@@H](CC(C)C)C(=O)N(C)[C@H](C(=O)N[C@@H](Cc1ccccc1)C(=O)N[C@@H](CC(=O)O)C(=O)N(C)[C@@H](Cc1ccccc1)C(=O)N[C@@H](C)C(=O)N1CCCCC1)C(C)C)[C@@H](C)O)C(C)C. The lowest BCUT2D eigenvalue weighted by atomic mass is 9.96. The first kappa shape index (κ1) is 96.2. The Bertz CT molecular complexity index is 3910. The number of carboxylic acids is 1. The van der Waals surface area contributed by atoms with E-state index >= 15 is 9.59 Å². The number of carbonyl (C=O) groups is 13.